The van der Waals surface area contributed by atoms with Gasteiger partial charge in [-0.2, -0.15) is 0 Å². The maximum Gasteiger partial charge on any atom is 0.410 e. The molecule has 1 aromatic carbocycles. The highest BCUT2D eigenvalue weighted by Gasteiger charge is 2.30. The molecule has 2 N–H and O–H groups in total. The van der Waals surface area contributed by atoms with E-state index in [0.717, 1.165) is 25.7 Å². The molecule has 1 saturated carbocycles. The molecule has 0 radical (unpaired) electrons. The fourth-order valence-electron chi connectivity index (χ4n) is 3.67. The zero-order valence-corrected chi connectivity index (χ0v) is 18.9. The van der Waals surface area contributed by atoms with E-state index in [4.69, 9.17) is 4.74 Å². The molecular formula is C23H34N4O4. The van der Waals surface area contributed by atoms with Crippen molar-refractivity contribution < 1.29 is 19.1 Å². The summed E-state index contributed by atoms with van der Waals surface area (Å²) in [4.78, 5) is 40.3. The van der Waals surface area contributed by atoms with Crippen LogP contribution in [-0.4, -0.2) is 60.1 Å². The monoisotopic (exact) mass is 430 g/mol. The van der Waals surface area contributed by atoms with Gasteiger partial charge in [0.05, 0.1) is 0 Å². The summed E-state index contributed by atoms with van der Waals surface area (Å²) >= 11 is 0. The van der Waals surface area contributed by atoms with E-state index < -0.39 is 5.60 Å². The van der Waals surface area contributed by atoms with Crippen molar-refractivity contribution in [3.05, 3.63) is 24.3 Å². The van der Waals surface area contributed by atoms with E-state index >= 15 is 0 Å². The Morgan fingerprint density at radius 3 is 2.45 bits per heavy atom. The standard InChI is InChI=1S/C23H34N4O4/c1-23(2,3)31-22(30)26(4)14-16-7-6-12-27(15-16)21(29)25-19-9-5-8-18(13-19)24-20(28)17-10-11-17/h5,8-9,13,16-17H,6-7,10-12,14-15H2,1-4H3,(H,24,28)(H,25,29). The number of piperidine rings is 1. The second kappa shape index (κ2) is 9.58. The summed E-state index contributed by atoms with van der Waals surface area (Å²) in [5, 5.41) is 5.83. The van der Waals surface area contributed by atoms with E-state index in [1.165, 1.54) is 0 Å². The molecule has 1 aliphatic carbocycles. The smallest absolute Gasteiger partial charge is 0.410 e. The average Bonchev–Trinajstić information content (AvgIpc) is 3.52. The van der Waals surface area contributed by atoms with Crippen LogP contribution in [0.3, 0.4) is 0 Å². The molecular weight excluding hydrogens is 396 g/mol. The molecule has 1 saturated heterocycles. The van der Waals surface area contributed by atoms with Crippen LogP contribution < -0.4 is 10.6 Å². The van der Waals surface area contributed by atoms with Crippen LogP contribution in [0.25, 0.3) is 0 Å². The molecule has 0 spiro atoms. The van der Waals surface area contributed by atoms with Gasteiger partial charge in [0.15, 0.2) is 0 Å². The summed E-state index contributed by atoms with van der Waals surface area (Å²) in [5.74, 6) is 0.361. The Morgan fingerprint density at radius 2 is 1.81 bits per heavy atom. The van der Waals surface area contributed by atoms with Gasteiger partial charge >= 0.3 is 12.1 Å². The van der Waals surface area contributed by atoms with Crippen LogP contribution in [0.4, 0.5) is 21.0 Å². The molecule has 31 heavy (non-hydrogen) atoms. The fraction of sp³-hybridized carbons (Fsp3) is 0.609. The van der Waals surface area contributed by atoms with Gasteiger partial charge in [-0.05, 0) is 70.6 Å². The van der Waals surface area contributed by atoms with Crippen molar-refractivity contribution in [3.63, 3.8) is 0 Å². The highest BCUT2D eigenvalue weighted by molar-refractivity contribution is 5.95. The third-order valence-corrected chi connectivity index (χ3v) is 5.37. The highest BCUT2D eigenvalue weighted by atomic mass is 16.6. The number of anilines is 2. The maximum atomic E-state index is 12.8. The summed E-state index contributed by atoms with van der Waals surface area (Å²) in [6.45, 7) is 7.34. The zero-order chi connectivity index (χ0) is 22.6. The van der Waals surface area contributed by atoms with Gasteiger partial charge in [-0.1, -0.05) is 6.07 Å². The first kappa shape index (κ1) is 22.9. The lowest BCUT2D eigenvalue weighted by atomic mass is 9.98. The Bertz CT molecular complexity index is 816. The number of hydrogen-bond donors (Lipinski definition) is 2. The Balaban J connectivity index is 1.51. The molecule has 1 heterocycles. The summed E-state index contributed by atoms with van der Waals surface area (Å²) in [7, 11) is 1.73. The van der Waals surface area contributed by atoms with Crippen LogP contribution in [0.1, 0.15) is 46.5 Å². The number of benzene rings is 1. The predicted molar refractivity (Wildman–Crippen MR) is 120 cm³/mol. The largest absolute Gasteiger partial charge is 0.444 e. The second-order valence-electron chi connectivity index (χ2n) is 9.59. The minimum absolute atomic E-state index is 0.0384. The molecule has 4 amide bonds. The Morgan fingerprint density at radius 1 is 1.13 bits per heavy atom. The van der Waals surface area contributed by atoms with Crippen LogP contribution in [0.2, 0.25) is 0 Å². The number of likely N-dealkylation sites (tertiary alicyclic amines) is 1. The molecule has 8 nitrogen and oxygen atoms in total. The average molecular weight is 431 g/mol. The van der Waals surface area contributed by atoms with E-state index in [1.54, 1.807) is 22.9 Å². The van der Waals surface area contributed by atoms with Crippen LogP contribution in [-0.2, 0) is 9.53 Å². The van der Waals surface area contributed by atoms with E-state index in [2.05, 4.69) is 10.6 Å². The Hall–Kier alpha value is -2.77. The molecule has 170 valence electrons. The van der Waals surface area contributed by atoms with Crippen molar-refractivity contribution in [2.45, 2.75) is 52.1 Å². The number of amides is 4. The highest BCUT2D eigenvalue weighted by Crippen LogP contribution is 2.30. The third kappa shape index (κ3) is 7.15. The first-order chi connectivity index (χ1) is 14.6. The van der Waals surface area contributed by atoms with Gasteiger partial charge in [-0.25, -0.2) is 9.59 Å². The minimum Gasteiger partial charge on any atom is -0.444 e. The van der Waals surface area contributed by atoms with Gasteiger partial charge in [0, 0.05) is 44.0 Å². The number of nitrogens with one attached hydrogen (secondary N) is 2. The van der Waals surface area contributed by atoms with Crippen molar-refractivity contribution in [1.29, 1.82) is 0 Å². The van der Waals surface area contributed by atoms with E-state index in [1.807, 2.05) is 39.0 Å². The van der Waals surface area contributed by atoms with Gasteiger partial charge < -0.3 is 25.2 Å². The Kier molecular flexibility index (Phi) is 7.08. The quantitative estimate of drug-likeness (QED) is 0.734. The summed E-state index contributed by atoms with van der Waals surface area (Å²) in [6.07, 6.45) is 3.39. The first-order valence-corrected chi connectivity index (χ1v) is 11.0. The van der Waals surface area contributed by atoms with Crippen molar-refractivity contribution >= 4 is 29.4 Å². The lowest BCUT2D eigenvalue weighted by Crippen LogP contribution is -2.46. The molecule has 1 aliphatic heterocycles. The summed E-state index contributed by atoms with van der Waals surface area (Å²) in [5.41, 5.74) is 0.799. The number of ether oxygens (including phenoxy) is 1. The molecule has 0 aromatic heterocycles. The van der Waals surface area contributed by atoms with E-state index in [9.17, 15) is 14.4 Å². The zero-order valence-electron chi connectivity index (χ0n) is 18.9. The number of carbonyl (C=O) groups excluding carboxylic acids is 3. The SMILES string of the molecule is CN(CC1CCCN(C(=O)Nc2cccc(NC(=O)C3CC3)c2)C1)C(=O)OC(C)(C)C. The van der Waals surface area contributed by atoms with Gasteiger partial charge in [0.1, 0.15) is 5.60 Å². The second-order valence-corrected chi connectivity index (χ2v) is 9.59. The van der Waals surface area contributed by atoms with Gasteiger partial charge in [-0.3, -0.25) is 4.79 Å². The van der Waals surface area contributed by atoms with Gasteiger partial charge in [0.2, 0.25) is 5.91 Å². The normalized spacial score (nSPS) is 18.8. The lowest BCUT2D eigenvalue weighted by molar-refractivity contribution is -0.117. The van der Waals surface area contributed by atoms with Crippen LogP contribution in [0.15, 0.2) is 24.3 Å². The van der Waals surface area contributed by atoms with Gasteiger partial charge in [-0.15, -0.1) is 0 Å². The molecule has 8 heteroatoms. The van der Waals surface area contributed by atoms with Crippen molar-refractivity contribution in [2.75, 3.05) is 37.3 Å². The molecule has 2 fully saturated rings. The van der Waals surface area contributed by atoms with Crippen LogP contribution in [0.5, 0.6) is 0 Å². The van der Waals surface area contributed by atoms with Gasteiger partial charge in [0.25, 0.3) is 0 Å². The number of carbonyl (C=O) groups is 3. The molecule has 1 unspecified atom stereocenters. The van der Waals surface area contributed by atoms with Crippen LogP contribution in [0, 0.1) is 11.8 Å². The molecule has 0 bridgehead atoms. The van der Waals surface area contributed by atoms with Crippen molar-refractivity contribution in [3.8, 4) is 0 Å². The van der Waals surface area contributed by atoms with E-state index in [-0.39, 0.29) is 29.9 Å². The van der Waals surface area contributed by atoms with Crippen LogP contribution >= 0.6 is 0 Å². The summed E-state index contributed by atoms with van der Waals surface area (Å²) < 4.78 is 5.42. The minimum atomic E-state index is -0.531. The lowest BCUT2D eigenvalue weighted by Gasteiger charge is -2.35. The molecule has 1 atom stereocenters. The first-order valence-electron chi connectivity index (χ1n) is 11.0. The topological polar surface area (TPSA) is 91.0 Å². The van der Waals surface area contributed by atoms with Crippen molar-refractivity contribution in [1.82, 2.24) is 9.80 Å². The van der Waals surface area contributed by atoms with E-state index in [0.29, 0.717) is 31.0 Å². The number of urea groups is 1. The fourth-order valence-corrected chi connectivity index (χ4v) is 3.67. The molecule has 1 aromatic rings. The molecule has 3 rings (SSSR count). The third-order valence-electron chi connectivity index (χ3n) is 5.37. The van der Waals surface area contributed by atoms with Crippen molar-refractivity contribution in [2.24, 2.45) is 11.8 Å². The maximum absolute atomic E-state index is 12.8. The summed E-state index contributed by atoms with van der Waals surface area (Å²) in [6, 6.07) is 7.04. The Labute approximate surface area is 184 Å². The molecule has 2 aliphatic rings. The number of hydrogen-bond acceptors (Lipinski definition) is 4. The number of nitrogens with zero attached hydrogens (tertiary/aromatic N) is 2. The number of rotatable bonds is 5. The predicted octanol–water partition coefficient (Wildman–Crippen LogP) is 4.15.